The minimum Gasteiger partial charge on any atom is -0.274 e. The Balaban J connectivity index is 1.58. The molecular formula is C18H11FN6S. The summed E-state index contributed by atoms with van der Waals surface area (Å²) in [5.74, 6) is 0.223. The van der Waals surface area contributed by atoms with Crippen LogP contribution >= 0.6 is 11.3 Å². The summed E-state index contributed by atoms with van der Waals surface area (Å²) in [6.45, 7) is 0. The van der Waals surface area contributed by atoms with Gasteiger partial charge in [0.05, 0.1) is 5.69 Å². The summed E-state index contributed by atoms with van der Waals surface area (Å²) in [6, 6.07) is 18.3. The second-order valence-electron chi connectivity index (χ2n) is 5.64. The number of fused-ring (bicyclic) bond motifs is 1. The molecule has 26 heavy (non-hydrogen) atoms. The van der Waals surface area contributed by atoms with Gasteiger partial charge < -0.3 is 0 Å². The van der Waals surface area contributed by atoms with E-state index in [9.17, 15) is 4.39 Å². The van der Waals surface area contributed by atoms with Crippen molar-refractivity contribution in [3.63, 3.8) is 0 Å². The number of nitrogens with one attached hydrogen (secondary N) is 1. The summed E-state index contributed by atoms with van der Waals surface area (Å²) in [4.78, 5) is 0.592. The zero-order valence-electron chi connectivity index (χ0n) is 13.3. The van der Waals surface area contributed by atoms with Crippen LogP contribution in [0.3, 0.4) is 0 Å². The van der Waals surface area contributed by atoms with Gasteiger partial charge in [0, 0.05) is 11.1 Å². The van der Waals surface area contributed by atoms with Crippen LogP contribution in [0.15, 0.2) is 60.7 Å². The minimum absolute atomic E-state index is 0.313. The largest absolute Gasteiger partial charge is 0.274 e. The molecule has 3 heterocycles. The normalized spacial score (nSPS) is 11.3. The molecule has 0 spiro atoms. The first-order valence-electron chi connectivity index (χ1n) is 7.88. The van der Waals surface area contributed by atoms with Crippen molar-refractivity contribution in [1.82, 2.24) is 30.0 Å². The predicted molar refractivity (Wildman–Crippen MR) is 97.1 cm³/mol. The Labute approximate surface area is 151 Å². The maximum atomic E-state index is 14.0. The lowest BCUT2D eigenvalue weighted by atomic mass is 10.1. The molecule has 0 fully saturated rings. The van der Waals surface area contributed by atoms with E-state index in [-0.39, 0.29) is 5.82 Å². The van der Waals surface area contributed by atoms with Crippen molar-refractivity contribution in [3.05, 3.63) is 66.5 Å². The average Bonchev–Trinajstić information content (AvgIpc) is 3.38. The Morgan fingerprint density at radius 3 is 2.62 bits per heavy atom. The highest BCUT2D eigenvalue weighted by molar-refractivity contribution is 7.19. The minimum atomic E-state index is -0.313. The van der Waals surface area contributed by atoms with Gasteiger partial charge in [0.15, 0.2) is 5.01 Å². The van der Waals surface area contributed by atoms with Gasteiger partial charge in [-0.15, -0.1) is 10.2 Å². The second kappa shape index (κ2) is 5.85. The van der Waals surface area contributed by atoms with Crippen LogP contribution in [-0.2, 0) is 0 Å². The topological polar surface area (TPSA) is 71.8 Å². The summed E-state index contributed by atoms with van der Waals surface area (Å²) in [5, 5.41) is 20.7. The number of hydrogen-bond acceptors (Lipinski definition) is 5. The number of aromatic nitrogens is 6. The maximum absolute atomic E-state index is 14.0. The monoisotopic (exact) mass is 362 g/mol. The first-order chi connectivity index (χ1) is 12.8. The van der Waals surface area contributed by atoms with E-state index in [1.54, 1.807) is 22.7 Å². The van der Waals surface area contributed by atoms with E-state index >= 15 is 0 Å². The second-order valence-corrected chi connectivity index (χ2v) is 6.59. The first kappa shape index (κ1) is 14.9. The van der Waals surface area contributed by atoms with Gasteiger partial charge >= 0.3 is 0 Å². The van der Waals surface area contributed by atoms with Gasteiger partial charge in [-0.2, -0.15) is 14.7 Å². The number of aromatic amines is 1. The summed E-state index contributed by atoms with van der Waals surface area (Å²) in [6.07, 6.45) is 0. The molecule has 0 aliphatic heterocycles. The Kier molecular flexibility index (Phi) is 3.36. The Bertz CT molecular complexity index is 1210. The van der Waals surface area contributed by atoms with Gasteiger partial charge in [0.1, 0.15) is 11.5 Å². The molecule has 5 rings (SSSR count). The highest BCUT2D eigenvalue weighted by Gasteiger charge is 2.18. The number of rotatable bonds is 3. The van der Waals surface area contributed by atoms with Gasteiger partial charge in [-0.3, -0.25) is 5.10 Å². The van der Waals surface area contributed by atoms with E-state index in [0.29, 0.717) is 27.1 Å². The van der Waals surface area contributed by atoms with E-state index in [1.165, 1.54) is 17.4 Å². The molecule has 0 unspecified atom stereocenters. The molecule has 1 N–H and O–H groups in total. The standard InChI is InChI=1S/C18H11FN6S/c19-13-9-5-4-8-12(13)17-24-25-16(22-23-18(25)26-17)15-10-14(20-21-15)11-6-2-1-3-7-11/h1-10H,(H,20,21). The zero-order chi connectivity index (χ0) is 17.5. The molecule has 8 heteroatoms. The Morgan fingerprint density at radius 2 is 1.77 bits per heavy atom. The molecule has 0 radical (unpaired) electrons. The van der Waals surface area contributed by atoms with Gasteiger partial charge in [0.2, 0.25) is 10.8 Å². The third-order valence-corrected chi connectivity index (χ3v) is 4.92. The van der Waals surface area contributed by atoms with Crippen LogP contribution in [0.2, 0.25) is 0 Å². The lowest BCUT2D eigenvalue weighted by Gasteiger charge is -1.96. The molecule has 126 valence electrons. The van der Waals surface area contributed by atoms with E-state index in [4.69, 9.17) is 0 Å². The highest BCUT2D eigenvalue weighted by Crippen LogP contribution is 2.30. The van der Waals surface area contributed by atoms with E-state index < -0.39 is 0 Å². The smallest absolute Gasteiger partial charge is 0.235 e. The number of halogens is 1. The number of nitrogens with zero attached hydrogens (tertiary/aromatic N) is 5. The number of benzene rings is 2. The summed E-state index contributed by atoms with van der Waals surface area (Å²) >= 11 is 1.29. The van der Waals surface area contributed by atoms with Crippen LogP contribution < -0.4 is 0 Å². The van der Waals surface area contributed by atoms with E-state index in [0.717, 1.165) is 11.3 Å². The first-order valence-corrected chi connectivity index (χ1v) is 8.69. The molecule has 0 aliphatic carbocycles. The molecule has 0 bridgehead atoms. The molecular weight excluding hydrogens is 351 g/mol. The van der Waals surface area contributed by atoms with Crippen molar-refractivity contribution in [3.8, 4) is 33.3 Å². The zero-order valence-corrected chi connectivity index (χ0v) is 14.1. The fourth-order valence-corrected chi connectivity index (χ4v) is 3.59. The maximum Gasteiger partial charge on any atom is 0.235 e. The molecule has 6 nitrogen and oxygen atoms in total. The fraction of sp³-hybridized carbons (Fsp3) is 0. The molecule has 5 aromatic rings. The van der Waals surface area contributed by atoms with Gasteiger partial charge in [-0.25, -0.2) is 4.39 Å². The van der Waals surface area contributed by atoms with Crippen molar-refractivity contribution < 1.29 is 4.39 Å². The Morgan fingerprint density at radius 1 is 0.962 bits per heavy atom. The lowest BCUT2D eigenvalue weighted by molar-refractivity contribution is 0.631. The number of hydrogen-bond donors (Lipinski definition) is 1. The molecule has 3 aromatic heterocycles. The van der Waals surface area contributed by atoms with Crippen molar-refractivity contribution in [2.75, 3.05) is 0 Å². The van der Waals surface area contributed by atoms with Crippen LogP contribution in [0, 0.1) is 5.82 Å². The molecule has 0 atom stereocenters. The Hall–Kier alpha value is -3.39. The van der Waals surface area contributed by atoms with Gasteiger partial charge in [-0.05, 0) is 18.2 Å². The van der Waals surface area contributed by atoms with Crippen LogP contribution in [0.4, 0.5) is 4.39 Å². The van der Waals surface area contributed by atoms with Crippen molar-refractivity contribution in [1.29, 1.82) is 0 Å². The van der Waals surface area contributed by atoms with Crippen LogP contribution in [0.25, 0.3) is 38.3 Å². The lowest BCUT2D eigenvalue weighted by Crippen LogP contribution is -1.92. The number of H-pyrrole nitrogens is 1. The van der Waals surface area contributed by atoms with E-state index in [1.807, 2.05) is 36.4 Å². The van der Waals surface area contributed by atoms with Crippen LogP contribution in [-0.4, -0.2) is 30.0 Å². The SMILES string of the molecule is Fc1ccccc1-c1nn2c(-c3cc(-c4ccccc4)n[nH]3)nnc2s1. The average molecular weight is 362 g/mol. The third kappa shape index (κ3) is 2.39. The quantitative estimate of drug-likeness (QED) is 0.526. The summed E-state index contributed by atoms with van der Waals surface area (Å²) < 4.78 is 15.6. The third-order valence-electron chi connectivity index (χ3n) is 3.98. The highest BCUT2D eigenvalue weighted by atomic mass is 32.1. The molecule has 0 saturated carbocycles. The fourth-order valence-electron chi connectivity index (χ4n) is 2.72. The molecule has 0 amide bonds. The van der Waals surface area contributed by atoms with Gasteiger partial charge in [0.25, 0.3) is 0 Å². The van der Waals surface area contributed by atoms with E-state index in [2.05, 4.69) is 25.5 Å². The van der Waals surface area contributed by atoms with Gasteiger partial charge in [-0.1, -0.05) is 53.8 Å². The van der Waals surface area contributed by atoms with Crippen molar-refractivity contribution in [2.45, 2.75) is 0 Å². The summed E-state index contributed by atoms with van der Waals surface area (Å²) in [5.41, 5.74) is 2.95. The molecule has 0 saturated heterocycles. The predicted octanol–water partition coefficient (Wildman–Crippen LogP) is 4.05. The van der Waals surface area contributed by atoms with Crippen LogP contribution in [0.1, 0.15) is 0 Å². The molecule has 2 aromatic carbocycles. The summed E-state index contributed by atoms with van der Waals surface area (Å²) in [7, 11) is 0. The molecule has 0 aliphatic rings. The van der Waals surface area contributed by atoms with Crippen LogP contribution in [0.5, 0.6) is 0 Å². The van der Waals surface area contributed by atoms with Crippen molar-refractivity contribution in [2.24, 2.45) is 0 Å². The van der Waals surface area contributed by atoms with Crippen molar-refractivity contribution >= 4 is 16.3 Å².